The molecule has 1 N–H and O–H groups in total. The molecule has 0 radical (unpaired) electrons. The highest BCUT2D eigenvalue weighted by Gasteiger charge is 2.55. The van der Waals surface area contributed by atoms with Crippen molar-refractivity contribution < 1.29 is 14.6 Å². The van der Waals surface area contributed by atoms with Crippen LogP contribution in [0.5, 0.6) is 0 Å². The number of esters is 1. The van der Waals surface area contributed by atoms with Gasteiger partial charge in [-0.05, 0) is 18.8 Å². The highest BCUT2D eigenvalue weighted by molar-refractivity contribution is 5.76. The highest BCUT2D eigenvalue weighted by atomic mass is 16.5. The predicted octanol–water partition coefficient (Wildman–Crippen LogP) is 1.74. The molecule has 1 saturated carbocycles. The van der Waals surface area contributed by atoms with E-state index in [9.17, 15) is 9.90 Å². The summed E-state index contributed by atoms with van der Waals surface area (Å²) >= 11 is 0. The maximum absolute atomic E-state index is 11.2. The van der Waals surface area contributed by atoms with E-state index >= 15 is 0 Å². The van der Waals surface area contributed by atoms with Crippen molar-refractivity contribution in [3.05, 3.63) is 0 Å². The smallest absolute Gasteiger partial charge is 0.335 e. The second-order valence-corrected chi connectivity index (χ2v) is 4.35. The number of aliphatic hydroxyl groups is 1. The first kappa shape index (κ1) is 11.5. The molecule has 3 heteroatoms. The van der Waals surface area contributed by atoms with Crippen LogP contribution in [0.3, 0.4) is 0 Å². The van der Waals surface area contributed by atoms with Crippen LogP contribution in [-0.4, -0.2) is 24.3 Å². The van der Waals surface area contributed by atoms with Gasteiger partial charge in [-0.25, -0.2) is 4.79 Å². The molecule has 1 aliphatic rings. The lowest BCUT2D eigenvalue weighted by atomic mass is 9.82. The summed E-state index contributed by atoms with van der Waals surface area (Å²) in [5.41, 5.74) is -0.177. The molecule has 3 nitrogen and oxygen atoms in total. The molecule has 0 bridgehead atoms. The monoisotopic (exact) mass is 200 g/mol. The summed E-state index contributed by atoms with van der Waals surface area (Å²) in [6, 6.07) is 0. The lowest BCUT2D eigenvalue weighted by Gasteiger charge is -2.26. The van der Waals surface area contributed by atoms with Crippen molar-refractivity contribution in [2.45, 2.75) is 45.6 Å². The number of methoxy groups -OCH3 is 1. The fourth-order valence-electron chi connectivity index (χ4n) is 2.25. The van der Waals surface area contributed by atoms with E-state index in [0.29, 0.717) is 5.92 Å². The molecule has 0 aliphatic heterocycles. The molecule has 14 heavy (non-hydrogen) atoms. The lowest BCUT2D eigenvalue weighted by Crippen LogP contribution is -2.36. The summed E-state index contributed by atoms with van der Waals surface area (Å²) in [5.74, 6) is -0.0768. The molecule has 1 rings (SSSR count). The molecule has 82 valence electrons. The van der Waals surface area contributed by atoms with Crippen LogP contribution < -0.4 is 0 Å². The molecule has 2 unspecified atom stereocenters. The summed E-state index contributed by atoms with van der Waals surface area (Å²) in [7, 11) is 1.33. The van der Waals surface area contributed by atoms with Crippen molar-refractivity contribution in [3.63, 3.8) is 0 Å². The van der Waals surface area contributed by atoms with Gasteiger partial charge in [0.25, 0.3) is 0 Å². The molecule has 0 saturated heterocycles. The van der Waals surface area contributed by atoms with E-state index in [2.05, 4.69) is 18.6 Å². The Bertz CT molecular complexity index is 209. The SMILES string of the molecule is CCCC(C)C1(C(O)C(=O)OC)CC1. The Morgan fingerprint density at radius 2 is 2.14 bits per heavy atom. The van der Waals surface area contributed by atoms with Crippen molar-refractivity contribution in [1.82, 2.24) is 0 Å². The third-order valence-electron chi connectivity index (χ3n) is 3.50. The minimum atomic E-state index is -0.922. The largest absolute Gasteiger partial charge is 0.467 e. The average molecular weight is 200 g/mol. The summed E-state index contributed by atoms with van der Waals surface area (Å²) in [6.45, 7) is 4.24. The van der Waals surface area contributed by atoms with Crippen LogP contribution in [0.1, 0.15) is 39.5 Å². The van der Waals surface area contributed by atoms with Gasteiger partial charge in [-0.3, -0.25) is 0 Å². The Morgan fingerprint density at radius 3 is 2.50 bits per heavy atom. The van der Waals surface area contributed by atoms with Gasteiger partial charge in [0.05, 0.1) is 7.11 Å². The molecule has 0 amide bonds. The molecule has 0 aromatic heterocycles. The summed E-state index contributed by atoms with van der Waals surface area (Å²) in [5, 5.41) is 9.83. The fraction of sp³-hybridized carbons (Fsp3) is 0.909. The quantitative estimate of drug-likeness (QED) is 0.687. The number of carbonyl (C=O) groups excluding carboxylic acids is 1. The van der Waals surface area contributed by atoms with Gasteiger partial charge in [-0.2, -0.15) is 0 Å². The minimum Gasteiger partial charge on any atom is -0.467 e. The molecule has 0 aromatic rings. The van der Waals surface area contributed by atoms with Gasteiger partial charge in [0.2, 0.25) is 0 Å². The van der Waals surface area contributed by atoms with E-state index in [-0.39, 0.29) is 5.41 Å². The first-order valence-corrected chi connectivity index (χ1v) is 5.34. The zero-order valence-electron chi connectivity index (χ0n) is 9.25. The summed E-state index contributed by atoms with van der Waals surface area (Å²) < 4.78 is 4.58. The Hall–Kier alpha value is -0.570. The topological polar surface area (TPSA) is 46.5 Å². The number of rotatable bonds is 5. The minimum absolute atomic E-state index is 0.177. The lowest BCUT2D eigenvalue weighted by molar-refractivity contribution is -0.156. The third kappa shape index (κ3) is 1.92. The van der Waals surface area contributed by atoms with E-state index in [4.69, 9.17) is 0 Å². The molecule has 0 spiro atoms. The number of aliphatic hydroxyl groups excluding tert-OH is 1. The summed E-state index contributed by atoms with van der Waals surface area (Å²) in [4.78, 5) is 11.2. The van der Waals surface area contributed by atoms with Crippen LogP contribution in [0.4, 0.5) is 0 Å². The van der Waals surface area contributed by atoms with E-state index < -0.39 is 12.1 Å². The van der Waals surface area contributed by atoms with Crippen LogP contribution in [0, 0.1) is 11.3 Å². The zero-order chi connectivity index (χ0) is 10.8. The van der Waals surface area contributed by atoms with Crippen LogP contribution in [0.25, 0.3) is 0 Å². The van der Waals surface area contributed by atoms with Crippen molar-refractivity contribution in [3.8, 4) is 0 Å². The van der Waals surface area contributed by atoms with Crippen LogP contribution in [0.15, 0.2) is 0 Å². The van der Waals surface area contributed by atoms with Gasteiger partial charge in [-0.1, -0.05) is 26.7 Å². The van der Waals surface area contributed by atoms with E-state index in [1.54, 1.807) is 0 Å². The van der Waals surface area contributed by atoms with Crippen LogP contribution in [-0.2, 0) is 9.53 Å². The molecule has 1 fully saturated rings. The predicted molar refractivity (Wildman–Crippen MR) is 53.8 cm³/mol. The van der Waals surface area contributed by atoms with E-state index in [0.717, 1.165) is 25.7 Å². The van der Waals surface area contributed by atoms with E-state index in [1.165, 1.54) is 7.11 Å². The normalized spacial score (nSPS) is 22.6. The molecule has 0 aromatic carbocycles. The standard InChI is InChI=1S/C11H20O3/c1-4-5-8(2)11(6-7-11)9(12)10(13)14-3/h8-9,12H,4-7H2,1-3H3. The Kier molecular flexibility index (Phi) is 3.53. The number of ether oxygens (including phenoxy) is 1. The van der Waals surface area contributed by atoms with Crippen molar-refractivity contribution in [2.75, 3.05) is 7.11 Å². The molecule has 2 atom stereocenters. The van der Waals surface area contributed by atoms with Crippen molar-refractivity contribution in [1.29, 1.82) is 0 Å². The Morgan fingerprint density at radius 1 is 1.57 bits per heavy atom. The first-order valence-electron chi connectivity index (χ1n) is 5.34. The van der Waals surface area contributed by atoms with Crippen LogP contribution in [0.2, 0.25) is 0 Å². The zero-order valence-corrected chi connectivity index (χ0v) is 9.25. The van der Waals surface area contributed by atoms with E-state index in [1.807, 2.05) is 0 Å². The summed E-state index contributed by atoms with van der Waals surface area (Å²) in [6.07, 6.45) is 3.13. The Balaban J connectivity index is 2.60. The number of hydrogen-bond acceptors (Lipinski definition) is 3. The maximum Gasteiger partial charge on any atom is 0.335 e. The second-order valence-electron chi connectivity index (χ2n) is 4.35. The number of carbonyl (C=O) groups is 1. The van der Waals surface area contributed by atoms with Gasteiger partial charge >= 0.3 is 5.97 Å². The third-order valence-corrected chi connectivity index (χ3v) is 3.50. The fourth-order valence-corrected chi connectivity index (χ4v) is 2.25. The van der Waals surface area contributed by atoms with Gasteiger partial charge in [-0.15, -0.1) is 0 Å². The molecular weight excluding hydrogens is 180 g/mol. The van der Waals surface area contributed by atoms with Gasteiger partial charge in [0.1, 0.15) is 0 Å². The first-order chi connectivity index (χ1) is 6.58. The molecule has 1 aliphatic carbocycles. The molecular formula is C11H20O3. The van der Waals surface area contributed by atoms with Crippen molar-refractivity contribution >= 4 is 5.97 Å². The average Bonchev–Trinajstić information content (AvgIpc) is 2.97. The van der Waals surface area contributed by atoms with Gasteiger partial charge < -0.3 is 9.84 Å². The highest BCUT2D eigenvalue weighted by Crippen LogP contribution is 2.56. The molecule has 0 heterocycles. The van der Waals surface area contributed by atoms with Gasteiger partial charge in [0.15, 0.2) is 6.10 Å². The van der Waals surface area contributed by atoms with Crippen molar-refractivity contribution in [2.24, 2.45) is 11.3 Å². The maximum atomic E-state index is 11.2. The Labute approximate surface area is 85.5 Å². The number of hydrogen-bond donors (Lipinski definition) is 1. The second kappa shape index (κ2) is 4.30. The van der Waals surface area contributed by atoms with Gasteiger partial charge in [0, 0.05) is 5.41 Å². The van der Waals surface area contributed by atoms with Crippen LogP contribution >= 0.6 is 0 Å².